The van der Waals surface area contributed by atoms with E-state index in [0.717, 1.165) is 25.4 Å². The second-order valence-corrected chi connectivity index (χ2v) is 6.30. The molecule has 1 aromatic rings. The molecule has 1 saturated heterocycles. The van der Waals surface area contributed by atoms with E-state index in [1.54, 1.807) is 6.07 Å². The summed E-state index contributed by atoms with van der Waals surface area (Å²) in [5.74, 6) is 2.18. The number of ether oxygens (including phenoxy) is 3. The highest BCUT2D eigenvalue weighted by Gasteiger charge is 2.23. The molecule has 3 rings (SSSR count). The van der Waals surface area contributed by atoms with Gasteiger partial charge in [-0.15, -0.1) is 0 Å². The van der Waals surface area contributed by atoms with Crippen molar-refractivity contribution >= 4 is 5.91 Å². The normalized spacial score (nSPS) is 20.8. The first kappa shape index (κ1) is 16.9. The van der Waals surface area contributed by atoms with E-state index in [9.17, 15) is 4.79 Å². The smallest absolute Gasteiger partial charge is 0.234 e. The van der Waals surface area contributed by atoms with Crippen LogP contribution in [0.25, 0.3) is 0 Å². The maximum atomic E-state index is 12.0. The lowest BCUT2D eigenvalue weighted by Gasteiger charge is -2.37. The molecule has 0 saturated carbocycles. The third-order valence-corrected chi connectivity index (χ3v) is 4.35. The largest absolute Gasteiger partial charge is 0.492 e. The highest BCUT2D eigenvalue weighted by Crippen LogP contribution is 2.34. The number of nitrogens with one attached hydrogen (secondary N) is 1. The fourth-order valence-electron chi connectivity index (χ4n) is 2.98. The number of carbonyl (C=O) groups excluding carboxylic acids is 1. The topological polar surface area (TPSA) is 63.3 Å². The van der Waals surface area contributed by atoms with E-state index in [1.165, 1.54) is 0 Å². The highest BCUT2D eigenvalue weighted by molar-refractivity contribution is 5.78. The van der Waals surface area contributed by atoms with Crippen LogP contribution in [0.2, 0.25) is 0 Å². The Morgan fingerprint density at radius 3 is 3.00 bits per heavy atom. The van der Waals surface area contributed by atoms with Crippen LogP contribution in [0.5, 0.6) is 17.2 Å². The van der Waals surface area contributed by atoms with Crippen LogP contribution in [0.15, 0.2) is 18.2 Å². The summed E-state index contributed by atoms with van der Waals surface area (Å²) in [4.78, 5) is 16.6. The molecule has 2 aliphatic rings. The zero-order valence-corrected chi connectivity index (χ0v) is 14.3. The van der Waals surface area contributed by atoms with Gasteiger partial charge in [0, 0.05) is 31.7 Å². The lowest BCUT2D eigenvalue weighted by atomic mass is 10.2. The number of piperazine rings is 1. The van der Waals surface area contributed by atoms with Crippen molar-refractivity contribution in [3.05, 3.63) is 18.2 Å². The molecule has 24 heavy (non-hydrogen) atoms. The summed E-state index contributed by atoms with van der Waals surface area (Å²) >= 11 is 0. The maximum Gasteiger partial charge on any atom is 0.234 e. The molecule has 2 heterocycles. The van der Waals surface area contributed by atoms with E-state index in [-0.39, 0.29) is 12.7 Å². The quantitative estimate of drug-likeness (QED) is 0.766. The van der Waals surface area contributed by atoms with Gasteiger partial charge < -0.3 is 24.4 Å². The van der Waals surface area contributed by atoms with Crippen LogP contribution in [-0.4, -0.2) is 74.9 Å². The molecule has 7 heteroatoms. The molecule has 0 spiro atoms. The predicted molar refractivity (Wildman–Crippen MR) is 89.6 cm³/mol. The van der Waals surface area contributed by atoms with Crippen LogP contribution < -0.4 is 19.5 Å². The van der Waals surface area contributed by atoms with Crippen molar-refractivity contribution in [3.8, 4) is 17.2 Å². The minimum Gasteiger partial charge on any atom is -0.492 e. The van der Waals surface area contributed by atoms with Crippen molar-refractivity contribution in [2.24, 2.45) is 0 Å². The number of likely N-dealkylation sites (N-methyl/N-ethyl adjacent to an activating group) is 1. The van der Waals surface area contributed by atoms with Crippen LogP contribution >= 0.6 is 0 Å². The predicted octanol–water partition coefficient (Wildman–Crippen LogP) is 0.546. The molecule has 0 radical (unpaired) electrons. The van der Waals surface area contributed by atoms with E-state index in [1.807, 2.05) is 12.1 Å². The number of nitrogens with zero attached hydrogens (tertiary/aromatic N) is 2. The Balaban J connectivity index is 1.35. The van der Waals surface area contributed by atoms with Crippen molar-refractivity contribution in [3.63, 3.8) is 0 Å². The van der Waals surface area contributed by atoms with Crippen LogP contribution in [0.3, 0.4) is 0 Å². The summed E-state index contributed by atoms with van der Waals surface area (Å²) in [6, 6.07) is 5.86. The highest BCUT2D eigenvalue weighted by atomic mass is 16.7. The Morgan fingerprint density at radius 1 is 1.33 bits per heavy atom. The summed E-state index contributed by atoms with van der Waals surface area (Å²) in [6.07, 6.45) is 0. The summed E-state index contributed by atoms with van der Waals surface area (Å²) in [6.45, 7) is 6.69. The van der Waals surface area contributed by atoms with Gasteiger partial charge in [-0.2, -0.15) is 0 Å². The molecule has 0 aliphatic carbocycles. The van der Waals surface area contributed by atoms with Crippen LogP contribution in [0.4, 0.5) is 0 Å². The van der Waals surface area contributed by atoms with Gasteiger partial charge in [0.25, 0.3) is 0 Å². The van der Waals surface area contributed by atoms with Crippen LogP contribution in [0, 0.1) is 0 Å². The van der Waals surface area contributed by atoms with Crippen molar-refractivity contribution in [1.82, 2.24) is 15.1 Å². The fraction of sp³-hybridized carbons (Fsp3) is 0.588. The zero-order chi connectivity index (χ0) is 16.9. The molecule has 2 aliphatic heterocycles. The van der Waals surface area contributed by atoms with Gasteiger partial charge in [0.15, 0.2) is 11.5 Å². The van der Waals surface area contributed by atoms with Gasteiger partial charge in [-0.1, -0.05) is 0 Å². The lowest BCUT2D eigenvalue weighted by molar-refractivity contribution is -0.123. The summed E-state index contributed by atoms with van der Waals surface area (Å²) < 4.78 is 16.2. The molecule has 1 fully saturated rings. The van der Waals surface area contributed by atoms with Gasteiger partial charge in [-0.25, -0.2) is 0 Å². The number of benzene rings is 1. The molecule has 1 atom stereocenters. The number of hydrogen-bond acceptors (Lipinski definition) is 6. The SMILES string of the molecule is C[C@H]1CN(C)CCN1CC(=O)NCCOc1ccc2c(c1)OCO2. The fourth-order valence-corrected chi connectivity index (χ4v) is 2.98. The molecule has 0 aromatic heterocycles. The Bertz CT molecular complexity index is 581. The monoisotopic (exact) mass is 335 g/mol. The van der Waals surface area contributed by atoms with Crippen LogP contribution in [0.1, 0.15) is 6.92 Å². The van der Waals surface area contributed by atoms with Gasteiger partial charge in [0.2, 0.25) is 12.7 Å². The second-order valence-electron chi connectivity index (χ2n) is 6.30. The number of carbonyl (C=O) groups is 1. The minimum atomic E-state index is 0.0423. The summed E-state index contributed by atoms with van der Waals surface area (Å²) in [5, 5.41) is 2.91. The Kier molecular flexibility index (Phi) is 5.42. The van der Waals surface area contributed by atoms with Crippen molar-refractivity contribution in [1.29, 1.82) is 0 Å². The first-order valence-corrected chi connectivity index (χ1v) is 8.33. The van der Waals surface area contributed by atoms with Gasteiger partial charge in [-0.3, -0.25) is 9.69 Å². The third kappa shape index (κ3) is 4.30. The van der Waals surface area contributed by atoms with Gasteiger partial charge >= 0.3 is 0 Å². The van der Waals surface area contributed by atoms with Crippen molar-refractivity contribution < 1.29 is 19.0 Å². The molecule has 0 unspecified atom stereocenters. The van der Waals surface area contributed by atoms with E-state index in [0.29, 0.717) is 37.2 Å². The molecule has 1 amide bonds. The van der Waals surface area contributed by atoms with Crippen LogP contribution in [-0.2, 0) is 4.79 Å². The first-order valence-electron chi connectivity index (χ1n) is 8.33. The minimum absolute atomic E-state index is 0.0423. The van der Waals surface area contributed by atoms with E-state index in [2.05, 4.69) is 29.1 Å². The van der Waals surface area contributed by atoms with Gasteiger partial charge in [-0.05, 0) is 26.1 Å². The summed E-state index contributed by atoms with van der Waals surface area (Å²) in [7, 11) is 2.11. The molecule has 0 bridgehead atoms. The number of fused-ring (bicyclic) bond motifs is 1. The second kappa shape index (κ2) is 7.72. The maximum absolute atomic E-state index is 12.0. The Hall–Kier alpha value is -1.99. The number of amides is 1. The average molecular weight is 335 g/mol. The van der Waals surface area contributed by atoms with Crippen molar-refractivity contribution in [2.45, 2.75) is 13.0 Å². The molecule has 1 aromatic carbocycles. The standard InChI is InChI=1S/C17H25N3O4/c1-13-10-19(2)6-7-20(13)11-17(21)18-5-8-22-14-3-4-15-16(9-14)24-12-23-15/h3-4,9,13H,5-8,10-12H2,1-2H3,(H,18,21)/t13-/m0/s1. The van der Waals surface area contributed by atoms with E-state index >= 15 is 0 Å². The first-order chi connectivity index (χ1) is 11.6. The molecular weight excluding hydrogens is 310 g/mol. The molecule has 1 N–H and O–H groups in total. The Morgan fingerprint density at radius 2 is 2.17 bits per heavy atom. The molecular formula is C17H25N3O4. The number of rotatable bonds is 6. The molecule has 132 valence electrons. The number of hydrogen-bond donors (Lipinski definition) is 1. The van der Waals surface area contributed by atoms with Crippen molar-refractivity contribution in [2.75, 3.05) is 53.2 Å². The molecule has 7 nitrogen and oxygen atoms in total. The Labute approximate surface area is 142 Å². The summed E-state index contributed by atoms with van der Waals surface area (Å²) in [5.41, 5.74) is 0. The zero-order valence-electron chi connectivity index (χ0n) is 14.3. The van der Waals surface area contributed by atoms with E-state index in [4.69, 9.17) is 14.2 Å². The lowest BCUT2D eigenvalue weighted by Crippen LogP contribution is -2.53. The van der Waals surface area contributed by atoms with E-state index < -0.39 is 0 Å². The van der Waals surface area contributed by atoms with Gasteiger partial charge in [0.1, 0.15) is 12.4 Å². The van der Waals surface area contributed by atoms with Gasteiger partial charge in [0.05, 0.1) is 13.1 Å². The average Bonchev–Trinajstić information content (AvgIpc) is 3.02. The third-order valence-electron chi connectivity index (χ3n) is 4.35.